The molecule has 20 heavy (non-hydrogen) atoms. The number of Topliss-reactive ketones (excluding diaryl/α,β-unsaturated/α-hetero) is 1. The quantitative estimate of drug-likeness (QED) is 0.854. The molecular weight excluding hydrogens is 248 g/mol. The molecule has 1 heterocycles. The summed E-state index contributed by atoms with van der Waals surface area (Å²) in [5.41, 5.74) is 4.72. The molecule has 1 aliphatic rings. The summed E-state index contributed by atoms with van der Waals surface area (Å²) < 4.78 is 1.94. The lowest BCUT2D eigenvalue weighted by atomic mass is 9.97. The number of hydrogen-bond donors (Lipinski definition) is 0. The molecule has 2 aromatic rings. The van der Waals surface area contributed by atoms with Crippen LogP contribution in [0.2, 0.25) is 0 Å². The number of benzene rings is 1. The van der Waals surface area contributed by atoms with Gasteiger partial charge in [-0.25, -0.2) is 0 Å². The first-order valence-electron chi connectivity index (χ1n) is 7.30. The third kappa shape index (κ3) is 2.40. The molecule has 0 atom stereocenters. The Morgan fingerprint density at radius 2 is 1.95 bits per heavy atom. The number of aryl methyl sites for hydroxylation is 2. The van der Waals surface area contributed by atoms with Crippen molar-refractivity contribution in [2.24, 2.45) is 5.92 Å². The summed E-state index contributed by atoms with van der Waals surface area (Å²) in [5.74, 6) is 0.490. The van der Waals surface area contributed by atoms with Crippen LogP contribution in [0.5, 0.6) is 0 Å². The van der Waals surface area contributed by atoms with Crippen LogP contribution in [0.1, 0.15) is 29.4 Å². The summed E-state index contributed by atoms with van der Waals surface area (Å²) in [4.78, 5) is 12.5. The summed E-state index contributed by atoms with van der Waals surface area (Å²) in [6.45, 7) is 4.86. The van der Waals surface area contributed by atoms with Gasteiger partial charge in [-0.2, -0.15) is 5.10 Å². The highest BCUT2D eigenvalue weighted by molar-refractivity contribution is 5.84. The molecule has 1 aromatic carbocycles. The maximum Gasteiger partial charge on any atom is 0.142 e. The number of carbonyl (C=O) groups is 1. The maximum absolute atomic E-state index is 12.5. The van der Waals surface area contributed by atoms with Crippen molar-refractivity contribution in [1.82, 2.24) is 9.78 Å². The summed E-state index contributed by atoms with van der Waals surface area (Å²) in [6.07, 6.45) is 2.30. The van der Waals surface area contributed by atoms with Crippen molar-refractivity contribution in [3.8, 4) is 0 Å². The summed E-state index contributed by atoms with van der Waals surface area (Å²) in [5, 5.41) is 4.41. The Kier molecular flexibility index (Phi) is 3.43. The van der Waals surface area contributed by atoms with Gasteiger partial charge in [-0.3, -0.25) is 9.48 Å². The molecule has 1 aliphatic carbocycles. The predicted molar refractivity (Wildman–Crippen MR) is 78.7 cm³/mol. The molecule has 0 aliphatic heterocycles. The zero-order chi connectivity index (χ0) is 14.1. The Bertz CT molecular complexity index is 617. The minimum atomic E-state index is 0.146. The normalized spacial score (nSPS) is 14.5. The smallest absolute Gasteiger partial charge is 0.142 e. The van der Waals surface area contributed by atoms with Gasteiger partial charge in [0, 0.05) is 24.6 Å². The first-order valence-corrected chi connectivity index (χ1v) is 7.30. The van der Waals surface area contributed by atoms with Gasteiger partial charge >= 0.3 is 0 Å². The second kappa shape index (κ2) is 5.23. The summed E-state index contributed by atoms with van der Waals surface area (Å²) in [6, 6.07) is 10.4. The summed E-state index contributed by atoms with van der Waals surface area (Å²) in [7, 11) is 0. The lowest BCUT2D eigenvalue weighted by molar-refractivity contribution is -0.122. The number of hydrogen-bond acceptors (Lipinski definition) is 2. The largest absolute Gasteiger partial charge is 0.299 e. The highest BCUT2D eigenvalue weighted by Crippen LogP contribution is 2.27. The van der Waals surface area contributed by atoms with E-state index < -0.39 is 0 Å². The van der Waals surface area contributed by atoms with Crippen molar-refractivity contribution in [3.63, 3.8) is 0 Å². The van der Waals surface area contributed by atoms with Crippen molar-refractivity contribution in [2.75, 3.05) is 0 Å². The molecule has 0 saturated carbocycles. The van der Waals surface area contributed by atoms with Gasteiger partial charge < -0.3 is 0 Å². The number of aromatic nitrogens is 2. The van der Waals surface area contributed by atoms with E-state index in [0.29, 0.717) is 12.2 Å². The molecule has 0 spiro atoms. The average Bonchev–Trinajstić information content (AvgIpc) is 3.01. The molecule has 3 nitrogen and oxygen atoms in total. The third-order valence-electron chi connectivity index (χ3n) is 4.15. The fraction of sp³-hybridized carbons (Fsp3) is 0.412. The number of carbonyl (C=O) groups excluding carboxylic acids is 1. The second-order valence-corrected chi connectivity index (χ2v) is 5.61. The molecular formula is C17H20N2O. The molecule has 104 valence electrons. The average molecular weight is 268 g/mol. The topological polar surface area (TPSA) is 34.9 Å². The van der Waals surface area contributed by atoms with Gasteiger partial charge in [-0.1, -0.05) is 24.3 Å². The Morgan fingerprint density at radius 3 is 2.55 bits per heavy atom. The minimum Gasteiger partial charge on any atom is -0.299 e. The second-order valence-electron chi connectivity index (χ2n) is 5.61. The summed E-state index contributed by atoms with van der Waals surface area (Å²) >= 11 is 0. The van der Waals surface area contributed by atoms with E-state index in [-0.39, 0.29) is 5.92 Å². The monoisotopic (exact) mass is 268 g/mol. The van der Waals surface area contributed by atoms with Gasteiger partial charge in [0.05, 0.1) is 5.69 Å². The van der Waals surface area contributed by atoms with Crippen LogP contribution in [0.15, 0.2) is 30.3 Å². The zero-order valence-corrected chi connectivity index (χ0v) is 12.1. The molecule has 0 saturated heterocycles. The van der Waals surface area contributed by atoms with E-state index in [9.17, 15) is 4.79 Å². The van der Waals surface area contributed by atoms with Crippen LogP contribution in [0, 0.1) is 12.8 Å². The fourth-order valence-corrected chi connectivity index (χ4v) is 3.12. The van der Waals surface area contributed by atoms with Crippen LogP contribution in [-0.4, -0.2) is 15.6 Å². The lowest BCUT2D eigenvalue weighted by Gasteiger charge is -2.09. The Balaban J connectivity index is 1.72. The van der Waals surface area contributed by atoms with E-state index in [1.165, 1.54) is 11.1 Å². The van der Waals surface area contributed by atoms with E-state index >= 15 is 0 Å². The molecule has 3 heteroatoms. The molecule has 0 bridgehead atoms. The van der Waals surface area contributed by atoms with Crippen LogP contribution >= 0.6 is 0 Å². The first-order chi connectivity index (χ1) is 9.67. The first kappa shape index (κ1) is 13.1. The molecule has 0 N–H and O–H groups in total. The van der Waals surface area contributed by atoms with E-state index in [4.69, 9.17) is 0 Å². The van der Waals surface area contributed by atoms with Crippen molar-refractivity contribution in [1.29, 1.82) is 0 Å². The van der Waals surface area contributed by atoms with Crippen LogP contribution in [0.3, 0.4) is 0 Å². The van der Waals surface area contributed by atoms with Crippen LogP contribution in [-0.2, 0) is 30.6 Å². The zero-order valence-electron chi connectivity index (χ0n) is 12.1. The van der Waals surface area contributed by atoms with Gasteiger partial charge in [0.2, 0.25) is 0 Å². The Morgan fingerprint density at radius 1 is 1.30 bits per heavy atom. The molecule has 0 fully saturated rings. The van der Waals surface area contributed by atoms with Gasteiger partial charge in [0.15, 0.2) is 0 Å². The van der Waals surface area contributed by atoms with Crippen molar-refractivity contribution < 1.29 is 4.79 Å². The standard InChI is InChI=1S/C17H20N2O/c1-3-19-16(8-12(2)18-19)11-17(20)15-9-13-6-4-5-7-14(13)10-15/h4-8,15H,3,9-11H2,1-2H3. The number of rotatable bonds is 4. The van der Waals surface area contributed by atoms with Gasteiger partial charge in [0.25, 0.3) is 0 Å². The third-order valence-corrected chi connectivity index (χ3v) is 4.15. The van der Waals surface area contributed by atoms with Crippen LogP contribution < -0.4 is 0 Å². The number of ketones is 1. The van der Waals surface area contributed by atoms with E-state index in [1.807, 2.05) is 17.7 Å². The Labute approximate surface area is 119 Å². The molecule has 0 radical (unpaired) electrons. The van der Waals surface area contributed by atoms with Crippen molar-refractivity contribution in [3.05, 3.63) is 52.8 Å². The van der Waals surface area contributed by atoms with E-state index in [0.717, 1.165) is 30.8 Å². The van der Waals surface area contributed by atoms with Gasteiger partial charge in [-0.15, -0.1) is 0 Å². The molecule has 0 amide bonds. The molecule has 0 unspecified atom stereocenters. The predicted octanol–water partition coefficient (Wildman–Crippen LogP) is 2.74. The lowest BCUT2D eigenvalue weighted by Crippen LogP contribution is -2.19. The van der Waals surface area contributed by atoms with Crippen molar-refractivity contribution >= 4 is 5.78 Å². The minimum absolute atomic E-state index is 0.146. The maximum atomic E-state index is 12.5. The van der Waals surface area contributed by atoms with Crippen LogP contribution in [0.4, 0.5) is 0 Å². The molecule has 3 rings (SSSR count). The van der Waals surface area contributed by atoms with Gasteiger partial charge in [0.1, 0.15) is 5.78 Å². The highest BCUT2D eigenvalue weighted by atomic mass is 16.1. The SMILES string of the molecule is CCn1nc(C)cc1CC(=O)C1Cc2ccccc2C1. The van der Waals surface area contributed by atoms with Crippen LogP contribution in [0.25, 0.3) is 0 Å². The molecule has 1 aromatic heterocycles. The van der Waals surface area contributed by atoms with Gasteiger partial charge in [-0.05, 0) is 43.9 Å². The Hall–Kier alpha value is -1.90. The fourth-order valence-electron chi connectivity index (χ4n) is 3.12. The number of fused-ring (bicyclic) bond motifs is 1. The van der Waals surface area contributed by atoms with E-state index in [2.05, 4.69) is 36.3 Å². The van der Waals surface area contributed by atoms with Crippen molar-refractivity contribution in [2.45, 2.75) is 39.7 Å². The van der Waals surface area contributed by atoms with E-state index in [1.54, 1.807) is 0 Å². The number of nitrogens with zero attached hydrogens (tertiary/aromatic N) is 2. The highest BCUT2D eigenvalue weighted by Gasteiger charge is 2.27.